The largest absolute Gasteiger partial charge is 0.326 e. The average molecular weight is 173 g/mol. The normalized spacial score (nSPS) is 19.8. The molecular formula is C11H11NO. The Balaban J connectivity index is 2.12. The van der Waals surface area contributed by atoms with Crippen LogP contribution >= 0.6 is 0 Å². The molecule has 1 aliphatic heterocycles. The Morgan fingerprint density at radius 2 is 2.15 bits per heavy atom. The minimum absolute atomic E-state index is 0.142. The molecule has 1 saturated carbocycles. The van der Waals surface area contributed by atoms with Crippen LogP contribution in [0.1, 0.15) is 29.9 Å². The minimum atomic E-state index is 0.142. The van der Waals surface area contributed by atoms with Crippen molar-refractivity contribution >= 4 is 11.6 Å². The summed E-state index contributed by atoms with van der Waals surface area (Å²) in [6, 6.07) is 6.20. The van der Waals surface area contributed by atoms with Gasteiger partial charge in [0.05, 0.1) is 6.42 Å². The van der Waals surface area contributed by atoms with E-state index in [0.29, 0.717) is 6.42 Å². The van der Waals surface area contributed by atoms with Crippen LogP contribution in [0.15, 0.2) is 18.2 Å². The zero-order valence-electron chi connectivity index (χ0n) is 7.34. The van der Waals surface area contributed by atoms with E-state index < -0.39 is 0 Å². The van der Waals surface area contributed by atoms with E-state index in [-0.39, 0.29) is 5.91 Å². The average Bonchev–Trinajstić information content (AvgIpc) is 2.86. The molecule has 0 saturated heterocycles. The number of hydrogen-bond acceptors (Lipinski definition) is 1. The topological polar surface area (TPSA) is 29.1 Å². The highest BCUT2D eigenvalue weighted by molar-refractivity contribution is 5.99. The summed E-state index contributed by atoms with van der Waals surface area (Å²) in [5.41, 5.74) is 3.68. The van der Waals surface area contributed by atoms with Crippen molar-refractivity contribution in [3.05, 3.63) is 29.3 Å². The quantitative estimate of drug-likeness (QED) is 0.692. The Bertz CT molecular complexity index is 380. The van der Waals surface area contributed by atoms with Crippen molar-refractivity contribution in [2.45, 2.75) is 25.2 Å². The SMILES string of the molecule is O=C1Cc2c(cccc2C2CC2)N1. The van der Waals surface area contributed by atoms with E-state index >= 15 is 0 Å². The van der Waals surface area contributed by atoms with Crippen LogP contribution in [0.25, 0.3) is 0 Å². The van der Waals surface area contributed by atoms with Crippen molar-refractivity contribution in [2.24, 2.45) is 0 Å². The summed E-state index contributed by atoms with van der Waals surface area (Å²) >= 11 is 0. The first kappa shape index (κ1) is 7.13. The minimum Gasteiger partial charge on any atom is -0.326 e. The van der Waals surface area contributed by atoms with Gasteiger partial charge in [-0.05, 0) is 36.0 Å². The molecular weight excluding hydrogens is 162 g/mol. The summed E-state index contributed by atoms with van der Waals surface area (Å²) in [4.78, 5) is 11.2. The van der Waals surface area contributed by atoms with Gasteiger partial charge in [0.2, 0.25) is 5.91 Å². The molecule has 0 unspecified atom stereocenters. The van der Waals surface area contributed by atoms with Crippen molar-refractivity contribution in [2.75, 3.05) is 5.32 Å². The fraction of sp³-hybridized carbons (Fsp3) is 0.364. The van der Waals surface area contributed by atoms with Crippen molar-refractivity contribution in [3.8, 4) is 0 Å². The van der Waals surface area contributed by atoms with Crippen molar-refractivity contribution < 1.29 is 4.79 Å². The van der Waals surface area contributed by atoms with Gasteiger partial charge in [-0.15, -0.1) is 0 Å². The Kier molecular flexibility index (Phi) is 1.29. The molecule has 1 heterocycles. The predicted octanol–water partition coefficient (Wildman–Crippen LogP) is 2.06. The number of fused-ring (bicyclic) bond motifs is 1. The van der Waals surface area contributed by atoms with E-state index in [2.05, 4.69) is 11.4 Å². The molecule has 13 heavy (non-hydrogen) atoms. The molecule has 66 valence electrons. The number of benzene rings is 1. The molecule has 3 rings (SSSR count). The Morgan fingerprint density at radius 3 is 2.92 bits per heavy atom. The van der Waals surface area contributed by atoms with Crippen molar-refractivity contribution in [1.29, 1.82) is 0 Å². The third kappa shape index (κ3) is 1.05. The Labute approximate surface area is 77.0 Å². The van der Waals surface area contributed by atoms with Gasteiger partial charge in [0.1, 0.15) is 0 Å². The Morgan fingerprint density at radius 1 is 1.31 bits per heavy atom. The zero-order valence-corrected chi connectivity index (χ0v) is 7.34. The second-order valence-electron chi connectivity index (χ2n) is 3.87. The van der Waals surface area contributed by atoms with Gasteiger partial charge in [0.15, 0.2) is 0 Å². The third-order valence-corrected chi connectivity index (χ3v) is 2.84. The fourth-order valence-electron chi connectivity index (χ4n) is 2.05. The maximum Gasteiger partial charge on any atom is 0.228 e. The van der Waals surface area contributed by atoms with Gasteiger partial charge in [-0.3, -0.25) is 4.79 Å². The zero-order chi connectivity index (χ0) is 8.84. The van der Waals surface area contributed by atoms with Crippen LogP contribution in [0, 0.1) is 0 Å². The van der Waals surface area contributed by atoms with Gasteiger partial charge >= 0.3 is 0 Å². The molecule has 0 radical (unpaired) electrons. The fourth-order valence-corrected chi connectivity index (χ4v) is 2.05. The molecule has 1 N–H and O–H groups in total. The van der Waals surface area contributed by atoms with Crippen molar-refractivity contribution in [3.63, 3.8) is 0 Å². The summed E-state index contributed by atoms with van der Waals surface area (Å²) in [6.07, 6.45) is 3.18. The molecule has 0 spiro atoms. The van der Waals surface area contributed by atoms with E-state index in [1.165, 1.54) is 24.0 Å². The van der Waals surface area contributed by atoms with Gasteiger partial charge in [0, 0.05) is 5.69 Å². The second kappa shape index (κ2) is 2.34. The number of hydrogen-bond donors (Lipinski definition) is 1. The molecule has 1 fully saturated rings. The second-order valence-corrected chi connectivity index (χ2v) is 3.87. The van der Waals surface area contributed by atoms with Gasteiger partial charge in [-0.25, -0.2) is 0 Å². The molecule has 1 aromatic carbocycles. The lowest BCUT2D eigenvalue weighted by atomic mass is 10.0. The molecule has 1 aliphatic carbocycles. The number of amides is 1. The van der Waals surface area contributed by atoms with Crippen LogP contribution in [0.3, 0.4) is 0 Å². The predicted molar refractivity (Wildman–Crippen MR) is 50.8 cm³/mol. The van der Waals surface area contributed by atoms with Gasteiger partial charge in [-0.2, -0.15) is 0 Å². The van der Waals surface area contributed by atoms with Crippen LogP contribution < -0.4 is 5.32 Å². The first-order valence-electron chi connectivity index (χ1n) is 4.76. The highest BCUT2D eigenvalue weighted by atomic mass is 16.1. The lowest BCUT2D eigenvalue weighted by Gasteiger charge is -2.04. The molecule has 0 aromatic heterocycles. The first-order valence-corrected chi connectivity index (χ1v) is 4.76. The highest BCUT2D eigenvalue weighted by Gasteiger charge is 2.29. The molecule has 0 bridgehead atoms. The van der Waals surface area contributed by atoms with Crippen LogP contribution in [0.2, 0.25) is 0 Å². The standard InChI is InChI=1S/C11H11NO/c13-11-6-9-8(7-4-5-7)2-1-3-10(9)12-11/h1-3,7H,4-6H2,(H,12,13). The van der Waals surface area contributed by atoms with Crippen LogP contribution in [0.5, 0.6) is 0 Å². The van der Waals surface area contributed by atoms with Crippen LogP contribution in [-0.2, 0) is 11.2 Å². The lowest BCUT2D eigenvalue weighted by Crippen LogP contribution is -2.03. The monoisotopic (exact) mass is 173 g/mol. The van der Waals surface area contributed by atoms with E-state index in [0.717, 1.165) is 11.6 Å². The first-order chi connectivity index (χ1) is 6.34. The molecule has 0 atom stereocenters. The summed E-state index contributed by atoms with van der Waals surface area (Å²) in [5.74, 6) is 0.880. The molecule has 2 nitrogen and oxygen atoms in total. The molecule has 2 heteroatoms. The van der Waals surface area contributed by atoms with E-state index in [1.807, 2.05) is 12.1 Å². The number of nitrogens with one attached hydrogen (secondary N) is 1. The molecule has 1 aromatic rings. The number of rotatable bonds is 1. The van der Waals surface area contributed by atoms with E-state index in [1.54, 1.807) is 0 Å². The van der Waals surface area contributed by atoms with E-state index in [9.17, 15) is 4.79 Å². The highest BCUT2D eigenvalue weighted by Crippen LogP contribution is 2.44. The van der Waals surface area contributed by atoms with Gasteiger partial charge in [0.25, 0.3) is 0 Å². The summed E-state index contributed by atoms with van der Waals surface area (Å²) in [6.45, 7) is 0. The number of carbonyl (C=O) groups is 1. The molecule has 1 amide bonds. The lowest BCUT2D eigenvalue weighted by molar-refractivity contribution is -0.115. The molecule has 2 aliphatic rings. The Hall–Kier alpha value is -1.31. The number of carbonyl (C=O) groups excluding carboxylic acids is 1. The van der Waals surface area contributed by atoms with Gasteiger partial charge in [-0.1, -0.05) is 12.1 Å². The summed E-state index contributed by atoms with van der Waals surface area (Å²) in [7, 11) is 0. The maximum absolute atomic E-state index is 11.2. The van der Waals surface area contributed by atoms with Crippen LogP contribution in [-0.4, -0.2) is 5.91 Å². The van der Waals surface area contributed by atoms with Crippen LogP contribution in [0.4, 0.5) is 5.69 Å². The maximum atomic E-state index is 11.2. The smallest absolute Gasteiger partial charge is 0.228 e. The van der Waals surface area contributed by atoms with Gasteiger partial charge < -0.3 is 5.32 Å². The third-order valence-electron chi connectivity index (χ3n) is 2.84. The van der Waals surface area contributed by atoms with Crippen molar-refractivity contribution in [1.82, 2.24) is 0 Å². The number of anilines is 1. The summed E-state index contributed by atoms with van der Waals surface area (Å²) in [5, 5.41) is 2.88. The van der Waals surface area contributed by atoms with E-state index in [4.69, 9.17) is 0 Å². The summed E-state index contributed by atoms with van der Waals surface area (Å²) < 4.78 is 0.